The van der Waals surface area contributed by atoms with Crippen molar-refractivity contribution in [3.8, 4) is 0 Å². The van der Waals surface area contributed by atoms with Gasteiger partial charge in [-0.2, -0.15) is 16.8 Å². The van der Waals surface area contributed by atoms with E-state index in [4.69, 9.17) is 9.11 Å². The van der Waals surface area contributed by atoms with Gasteiger partial charge >= 0.3 is 0 Å². The van der Waals surface area contributed by atoms with Crippen molar-refractivity contribution in [2.75, 3.05) is 0 Å². The van der Waals surface area contributed by atoms with Crippen molar-refractivity contribution in [2.45, 2.75) is 28.2 Å². The molecule has 0 aliphatic carbocycles. The number of hydrogen-bond donors (Lipinski definition) is 3. The zero-order chi connectivity index (χ0) is 18.8. The van der Waals surface area contributed by atoms with Crippen LogP contribution in [0.25, 0.3) is 0 Å². The van der Waals surface area contributed by atoms with E-state index < -0.39 is 41.0 Å². The topological polar surface area (TPSA) is 138 Å². The summed E-state index contributed by atoms with van der Waals surface area (Å²) in [4.78, 5) is -1.80. The van der Waals surface area contributed by atoms with Gasteiger partial charge in [-0.1, -0.05) is 29.8 Å². The SMILES string of the molecule is Cc1ccc(CNS(=O)c2cc(S(=O)(=O)O)cc(S(=O)(=O)O)c2)cc1. The van der Waals surface area contributed by atoms with Crippen LogP contribution < -0.4 is 4.72 Å². The highest BCUT2D eigenvalue weighted by Gasteiger charge is 2.20. The Morgan fingerprint density at radius 3 is 1.84 bits per heavy atom. The van der Waals surface area contributed by atoms with Gasteiger partial charge in [-0.25, -0.2) is 8.93 Å². The summed E-state index contributed by atoms with van der Waals surface area (Å²) in [6.07, 6.45) is 0. The molecule has 2 aromatic carbocycles. The molecule has 0 aromatic heterocycles. The predicted molar refractivity (Wildman–Crippen MR) is 90.5 cm³/mol. The molecule has 0 bridgehead atoms. The van der Waals surface area contributed by atoms with Gasteiger partial charge in [0.05, 0.1) is 14.7 Å². The predicted octanol–water partition coefficient (Wildman–Crippen LogP) is 1.30. The minimum Gasteiger partial charge on any atom is -0.282 e. The first-order chi connectivity index (χ1) is 11.5. The number of rotatable bonds is 6. The van der Waals surface area contributed by atoms with Crippen LogP contribution in [0, 0.1) is 6.92 Å². The molecule has 0 saturated heterocycles. The van der Waals surface area contributed by atoms with Gasteiger partial charge in [0.25, 0.3) is 20.2 Å². The van der Waals surface area contributed by atoms with Crippen LogP contribution in [-0.2, 0) is 37.8 Å². The van der Waals surface area contributed by atoms with Gasteiger partial charge in [-0.15, -0.1) is 0 Å². The van der Waals surface area contributed by atoms with Crippen LogP contribution >= 0.6 is 0 Å². The van der Waals surface area contributed by atoms with Gasteiger partial charge in [0.2, 0.25) is 0 Å². The first kappa shape index (κ1) is 19.7. The van der Waals surface area contributed by atoms with E-state index in [-0.39, 0.29) is 11.4 Å². The van der Waals surface area contributed by atoms with Crippen LogP contribution in [0.1, 0.15) is 11.1 Å². The summed E-state index contributed by atoms with van der Waals surface area (Å²) < 4.78 is 78.1. The van der Waals surface area contributed by atoms with Crippen molar-refractivity contribution in [3.63, 3.8) is 0 Å². The Labute approximate surface area is 148 Å². The van der Waals surface area contributed by atoms with Gasteiger partial charge in [0.15, 0.2) is 0 Å². The Bertz CT molecular complexity index is 963. The number of benzene rings is 2. The third kappa shape index (κ3) is 5.42. The molecule has 0 amide bonds. The Morgan fingerprint density at radius 1 is 0.920 bits per heavy atom. The van der Waals surface area contributed by atoms with E-state index in [9.17, 15) is 21.0 Å². The molecular weight excluding hydrogens is 390 g/mol. The van der Waals surface area contributed by atoms with E-state index in [2.05, 4.69) is 4.72 Å². The highest BCUT2D eigenvalue weighted by atomic mass is 32.2. The lowest BCUT2D eigenvalue weighted by atomic mass is 10.2. The highest BCUT2D eigenvalue weighted by Crippen LogP contribution is 2.21. The van der Waals surface area contributed by atoms with Crippen molar-refractivity contribution < 1.29 is 30.1 Å². The molecule has 0 heterocycles. The lowest BCUT2D eigenvalue weighted by Crippen LogP contribution is -2.17. The van der Waals surface area contributed by atoms with Crippen LogP contribution in [0.4, 0.5) is 0 Å². The molecule has 0 spiro atoms. The average Bonchev–Trinajstić information content (AvgIpc) is 2.52. The summed E-state index contributed by atoms with van der Waals surface area (Å²) in [6, 6.07) is 9.62. The van der Waals surface area contributed by atoms with Crippen LogP contribution in [0.5, 0.6) is 0 Å². The molecule has 1 atom stereocenters. The van der Waals surface area contributed by atoms with Gasteiger partial charge in [0.1, 0.15) is 11.0 Å². The third-order valence-electron chi connectivity index (χ3n) is 3.19. The second-order valence-electron chi connectivity index (χ2n) is 5.17. The quantitative estimate of drug-likeness (QED) is 0.616. The maximum atomic E-state index is 12.3. The highest BCUT2D eigenvalue weighted by molar-refractivity contribution is 7.87. The van der Waals surface area contributed by atoms with Gasteiger partial charge in [0, 0.05) is 6.54 Å². The maximum absolute atomic E-state index is 12.3. The monoisotopic (exact) mass is 405 g/mol. The lowest BCUT2D eigenvalue weighted by Gasteiger charge is -2.08. The Balaban J connectivity index is 2.33. The van der Waals surface area contributed by atoms with Crippen molar-refractivity contribution in [3.05, 3.63) is 53.6 Å². The van der Waals surface area contributed by atoms with E-state index in [1.807, 2.05) is 19.1 Å². The van der Waals surface area contributed by atoms with Crippen molar-refractivity contribution in [1.82, 2.24) is 4.72 Å². The Kier molecular flexibility index (Phi) is 5.76. The second-order valence-corrected chi connectivity index (χ2v) is 9.31. The first-order valence-corrected chi connectivity index (χ1v) is 10.8. The van der Waals surface area contributed by atoms with Gasteiger partial charge < -0.3 is 0 Å². The smallest absolute Gasteiger partial charge is 0.282 e. The second kappa shape index (κ2) is 7.32. The largest absolute Gasteiger partial charge is 0.294 e. The summed E-state index contributed by atoms with van der Waals surface area (Å²) in [5.74, 6) is 0. The molecule has 0 aliphatic rings. The Hall–Kier alpha value is -1.63. The summed E-state index contributed by atoms with van der Waals surface area (Å²) in [5.41, 5.74) is 1.85. The lowest BCUT2D eigenvalue weighted by molar-refractivity contribution is 0.480. The first-order valence-electron chi connectivity index (χ1n) is 6.78. The standard InChI is InChI=1S/C14H15NO7S3/c1-10-2-4-11(5-3-10)9-15-23(16)12-6-13(24(17,18)19)8-14(7-12)25(20,21)22/h2-8,15H,9H2,1H3,(H,17,18,19)(H,20,21,22). The molecule has 1 unspecified atom stereocenters. The molecule has 3 N–H and O–H groups in total. The van der Waals surface area contributed by atoms with E-state index >= 15 is 0 Å². The van der Waals surface area contributed by atoms with Crippen molar-refractivity contribution >= 4 is 31.2 Å². The zero-order valence-corrected chi connectivity index (χ0v) is 15.4. The summed E-state index contributed by atoms with van der Waals surface area (Å²) >= 11 is 0. The minimum atomic E-state index is -4.75. The van der Waals surface area contributed by atoms with Crippen molar-refractivity contribution in [1.29, 1.82) is 0 Å². The molecule has 8 nitrogen and oxygen atoms in total. The maximum Gasteiger partial charge on any atom is 0.294 e. The third-order valence-corrected chi connectivity index (χ3v) is 5.92. The fourth-order valence-electron chi connectivity index (χ4n) is 1.89. The fourth-order valence-corrected chi connectivity index (χ4v) is 4.15. The van der Waals surface area contributed by atoms with E-state index in [1.165, 1.54) is 0 Å². The number of aryl methyl sites for hydroxylation is 1. The molecule has 2 aromatic rings. The molecule has 0 saturated carbocycles. The van der Waals surface area contributed by atoms with Gasteiger partial charge in [-0.3, -0.25) is 9.11 Å². The normalized spacial score (nSPS) is 13.6. The summed E-state index contributed by atoms with van der Waals surface area (Å²) in [5, 5.41) is 0. The van der Waals surface area contributed by atoms with E-state index in [0.29, 0.717) is 6.07 Å². The van der Waals surface area contributed by atoms with Crippen molar-refractivity contribution in [2.24, 2.45) is 0 Å². The Morgan fingerprint density at radius 2 is 1.40 bits per heavy atom. The zero-order valence-electron chi connectivity index (χ0n) is 12.9. The molecule has 11 heteroatoms. The summed E-state index contributed by atoms with van der Waals surface area (Å²) in [6.45, 7) is 2.08. The molecule has 0 aliphatic heterocycles. The van der Waals surface area contributed by atoms with E-state index in [1.54, 1.807) is 12.1 Å². The minimum absolute atomic E-state index is 0.171. The number of hydrogen-bond acceptors (Lipinski definition) is 5. The fraction of sp³-hybridized carbons (Fsp3) is 0.143. The molecule has 136 valence electrons. The van der Waals surface area contributed by atoms with Crippen LogP contribution in [0.15, 0.2) is 57.2 Å². The van der Waals surface area contributed by atoms with E-state index in [0.717, 1.165) is 23.3 Å². The molecular formula is C14H15NO7S3. The summed E-state index contributed by atoms with van der Waals surface area (Å²) in [7, 11) is -11.5. The van der Waals surface area contributed by atoms with Gasteiger partial charge in [-0.05, 0) is 30.7 Å². The molecule has 25 heavy (non-hydrogen) atoms. The van der Waals surface area contributed by atoms with Crippen LogP contribution in [0.2, 0.25) is 0 Å². The average molecular weight is 405 g/mol. The van der Waals surface area contributed by atoms with Crippen LogP contribution in [-0.4, -0.2) is 30.1 Å². The number of nitrogens with one attached hydrogen (secondary N) is 1. The molecule has 0 radical (unpaired) electrons. The molecule has 2 rings (SSSR count). The van der Waals surface area contributed by atoms with Crippen LogP contribution in [0.3, 0.4) is 0 Å². The molecule has 0 fully saturated rings.